The number of carbonyl (C=O) groups is 1. The fourth-order valence-electron chi connectivity index (χ4n) is 5.34. The first-order chi connectivity index (χ1) is 15.2. The molecule has 6 rings (SSSR count). The molecule has 3 aliphatic rings. The van der Waals surface area contributed by atoms with Crippen LogP contribution in [-0.4, -0.2) is 37.8 Å². The Morgan fingerprint density at radius 1 is 1.06 bits per heavy atom. The summed E-state index contributed by atoms with van der Waals surface area (Å²) in [6.07, 6.45) is 9.37. The Labute approximate surface area is 182 Å². The Hall–Kier alpha value is -2.92. The van der Waals surface area contributed by atoms with Crippen LogP contribution in [0.3, 0.4) is 0 Å². The number of hydrogen-bond acceptors (Lipinski definition) is 3. The molecule has 5 heteroatoms. The van der Waals surface area contributed by atoms with Crippen LogP contribution in [0.25, 0.3) is 5.69 Å². The van der Waals surface area contributed by atoms with Crippen molar-refractivity contribution in [1.82, 2.24) is 14.7 Å². The molecule has 2 unspecified atom stereocenters. The van der Waals surface area contributed by atoms with Gasteiger partial charge in [0.05, 0.1) is 17.8 Å². The second-order valence-electron chi connectivity index (χ2n) is 9.27. The first kappa shape index (κ1) is 18.8. The Morgan fingerprint density at radius 2 is 1.90 bits per heavy atom. The van der Waals surface area contributed by atoms with Crippen molar-refractivity contribution in [3.63, 3.8) is 0 Å². The molecule has 2 atom stereocenters. The molecule has 0 spiro atoms. The minimum Gasteiger partial charge on any atom is -0.391 e. The maximum atomic E-state index is 13.2. The highest BCUT2D eigenvalue weighted by molar-refractivity contribution is 5.99. The van der Waals surface area contributed by atoms with Crippen LogP contribution in [-0.2, 0) is 13.0 Å². The van der Waals surface area contributed by atoms with Gasteiger partial charge in [-0.3, -0.25) is 4.79 Å². The number of nitrogens with zero attached hydrogens (tertiary/aromatic N) is 3. The van der Waals surface area contributed by atoms with E-state index in [1.165, 1.54) is 29.5 Å². The summed E-state index contributed by atoms with van der Waals surface area (Å²) in [6.45, 7) is 0.647. The Bertz CT molecular complexity index is 1120. The van der Waals surface area contributed by atoms with Crippen LogP contribution < -0.4 is 0 Å². The average Bonchev–Trinajstić information content (AvgIpc) is 3.16. The smallest absolute Gasteiger partial charge is 0.254 e. The number of carbonyl (C=O) groups excluding carboxylic acids is 1. The lowest BCUT2D eigenvalue weighted by atomic mass is 9.92. The molecule has 3 aromatic rings. The minimum absolute atomic E-state index is 0.0254. The maximum absolute atomic E-state index is 13.2. The van der Waals surface area contributed by atoms with Gasteiger partial charge in [-0.2, -0.15) is 5.10 Å². The van der Waals surface area contributed by atoms with Gasteiger partial charge in [0.1, 0.15) is 0 Å². The van der Waals surface area contributed by atoms with E-state index in [9.17, 15) is 9.90 Å². The highest BCUT2D eigenvalue weighted by Gasteiger charge is 2.39. The maximum Gasteiger partial charge on any atom is 0.254 e. The van der Waals surface area contributed by atoms with Gasteiger partial charge in [-0.15, -0.1) is 0 Å². The number of amides is 1. The molecule has 5 nitrogen and oxygen atoms in total. The molecule has 1 aromatic heterocycles. The van der Waals surface area contributed by atoms with E-state index in [-0.39, 0.29) is 18.1 Å². The predicted octanol–water partition coefficient (Wildman–Crippen LogP) is 4.21. The molecule has 2 aromatic carbocycles. The van der Waals surface area contributed by atoms with Crippen molar-refractivity contribution in [2.24, 2.45) is 0 Å². The van der Waals surface area contributed by atoms with Gasteiger partial charge in [0, 0.05) is 24.5 Å². The van der Waals surface area contributed by atoms with E-state index < -0.39 is 0 Å². The summed E-state index contributed by atoms with van der Waals surface area (Å²) in [5.41, 5.74) is 6.96. The number of fused-ring (bicyclic) bond motifs is 1. The molecule has 31 heavy (non-hydrogen) atoms. The fraction of sp³-hybridized carbons (Fsp3) is 0.385. The monoisotopic (exact) mass is 413 g/mol. The second-order valence-corrected chi connectivity index (χ2v) is 9.27. The molecule has 1 N–H and O–H groups in total. The molecular weight excluding hydrogens is 386 g/mol. The van der Waals surface area contributed by atoms with Crippen molar-refractivity contribution in [3.8, 4) is 5.69 Å². The van der Waals surface area contributed by atoms with E-state index in [4.69, 9.17) is 0 Å². The molecule has 1 amide bonds. The van der Waals surface area contributed by atoms with Crippen LogP contribution >= 0.6 is 0 Å². The largest absolute Gasteiger partial charge is 0.391 e. The van der Waals surface area contributed by atoms with Gasteiger partial charge >= 0.3 is 0 Å². The molecule has 2 saturated carbocycles. The third-order valence-corrected chi connectivity index (χ3v) is 7.16. The number of aliphatic hydroxyl groups excluding tert-OH is 1. The average molecular weight is 414 g/mol. The quantitative estimate of drug-likeness (QED) is 0.682. The van der Waals surface area contributed by atoms with Gasteiger partial charge in [0.2, 0.25) is 0 Å². The third-order valence-electron chi connectivity index (χ3n) is 7.16. The molecule has 158 valence electrons. The summed E-state index contributed by atoms with van der Waals surface area (Å²) in [7, 11) is 0. The fourth-order valence-corrected chi connectivity index (χ4v) is 5.34. The zero-order valence-electron chi connectivity index (χ0n) is 17.6. The standard InChI is InChI=1S/C26H27N3O2/c30-25-4-1-3-24(25)28-16-20-15-22(18-7-8-18)19(14-23(20)26(28)31)13-17-5-9-21(10-6-17)29-12-2-11-27-29/h2,5-6,9-12,14-15,18,24-25,30H,1,3-4,7-8,13,16H2. The van der Waals surface area contributed by atoms with E-state index in [1.54, 1.807) is 6.20 Å². The van der Waals surface area contributed by atoms with Gasteiger partial charge in [-0.25, -0.2) is 4.68 Å². The molecule has 2 heterocycles. The van der Waals surface area contributed by atoms with Gasteiger partial charge in [-0.05, 0) is 91.0 Å². The summed E-state index contributed by atoms with van der Waals surface area (Å²) in [6, 6.07) is 14.8. The van der Waals surface area contributed by atoms with E-state index in [0.717, 1.165) is 42.5 Å². The number of aromatic nitrogens is 2. The number of hydrogen-bond donors (Lipinski definition) is 1. The molecule has 2 aliphatic carbocycles. The molecule has 0 saturated heterocycles. The van der Waals surface area contributed by atoms with Crippen molar-refractivity contribution >= 4 is 5.91 Å². The van der Waals surface area contributed by atoms with Crippen LogP contribution in [0.5, 0.6) is 0 Å². The second kappa shape index (κ2) is 7.34. The number of aliphatic hydroxyl groups is 1. The molecule has 2 fully saturated rings. The summed E-state index contributed by atoms with van der Waals surface area (Å²) in [4.78, 5) is 15.1. The number of rotatable bonds is 5. The zero-order chi connectivity index (χ0) is 20.9. The van der Waals surface area contributed by atoms with E-state index in [2.05, 4.69) is 41.5 Å². The summed E-state index contributed by atoms with van der Waals surface area (Å²) in [5, 5.41) is 14.6. The lowest BCUT2D eigenvalue weighted by molar-refractivity contribution is 0.0479. The van der Waals surface area contributed by atoms with Crippen LogP contribution in [0.15, 0.2) is 54.9 Å². The van der Waals surface area contributed by atoms with Crippen molar-refractivity contribution < 1.29 is 9.90 Å². The highest BCUT2D eigenvalue weighted by Crippen LogP contribution is 2.44. The minimum atomic E-state index is -0.381. The molecule has 0 bridgehead atoms. The van der Waals surface area contributed by atoms with Gasteiger partial charge in [-0.1, -0.05) is 18.2 Å². The van der Waals surface area contributed by atoms with Gasteiger partial charge < -0.3 is 10.0 Å². The van der Waals surface area contributed by atoms with Gasteiger partial charge in [0.25, 0.3) is 5.91 Å². The molecular formula is C26H27N3O2. The van der Waals surface area contributed by atoms with Crippen molar-refractivity contribution in [2.45, 2.75) is 63.1 Å². The lowest BCUT2D eigenvalue weighted by Crippen LogP contribution is -2.40. The highest BCUT2D eigenvalue weighted by atomic mass is 16.3. The lowest BCUT2D eigenvalue weighted by Gasteiger charge is -2.26. The zero-order valence-corrected chi connectivity index (χ0v) is 17.6. The van der Waals surface area contributed by atoms with Crippen molar-refractivity contribution in [2.75, 3.05) is 0 Å². The Morgan fingerprint density at radius 3 is 2.58 bits per heavy atom. The van der Waals surface area contributed by atoms with Crippen LogP contribution in [0.2, 0.25) is 0 Å². The summed E-state index contributed by atoms with van der Waals surface area (Å²) >= 11 is 0. The molecule has 0 radical (unpaired) electrons. The summed E-state index contributed by atoms with van der Waals surface area (Å²) < 4.78 is 1.86. The summed E-state index contributed by atoms with van der Waals surface area (Å²) in [5.74, 6) is 0.725. The van der Waals surface area contributed by atoms with E-state index in [0.29, 0.717) is 12.5 Å². The Balaban J connectivity index is 1.29. The SMILES string of the molecule is O=C1c2cc(Cc3ccc(-n4cccn4)cc3)c(C3CC3)cc2CN1C1CCCC1O. The van der Waals surface area contributed by atoms with E-state index >= 15 is 0 Å². The Kier molecular flexibility index (Phi) is 4.46. The van der Waals surface area contributed by atoms with E-state index in [1.807, 2.05) is 21.8 Å². The third kappa shape index (κ3) is 3.37. The number of benzene rings is 2. The first-order valence-corrected chi connectivity index (χ1v) is 11.4. The topological polar surface area (TPSA) is 58.4 Å². The van der Waals surface area contributed by atoms with Crippen LogP contribution in [0.1, 0.15) is 70.6 Å². The normalized spacial score (nSPS) is 22.9. The van der Waals surface area contributed by atoms with Crippen molar-refractivity contribution in [1.29, 1.82) is 0 Å². The van der Waals surface area contributed by atoms with Crippen LogP contribution in [0, 0.1) is 0 Å². The van der Waals surface area contributed by atoms with Crippen LogP contribution in [0.4, 0.5) is 0 Å². The van der Waals surface area contributed by atoms with Gasteiger partial charge in [0.15, 0.2) is 0 Å². The predicted molar refractivity (Wildman–Crippen MR) is 118 cm³/mol. The van der Waals surface area contributed by atoms with Crippen molar-refractivity contribution in [3.05, 3.63) is 82.7 Å². The first-order valence-electron chi connectivity index (χ1n) is 11.4. The molecule has 1 aliphatic heterocycles.